The van der Waals surface area contributed by atoms with Gasteiger partial charge in [0.2, 0.25) is 0 Å². The number of hydrogen-bond donors (Lipinski definition) is 1. The van der Waals surface area contributed by atoms with Gasteiger partial charge in [0.1, 0.15) is 0 Å². The molecule has 3 heteroatoms. The Kier molecular flexibility index (Phi) is 5.73. The fourth-order valence-corrected chi connectivity index (χ4v) is 2.52. The Morgan fingerprint density at radius 1 is 1.05 bits per heavy atom. The van der Waals surface area contributed by atoms with Gasteiger partial charge in [-0.05, 0) is 37.5 Å². The Bertz CT molecular complexity index is 623. The molecule has 0 bridgehead atoms. The van der Waals surface area contributed by atoms with Gasteiger partial charge in [-0.2, -0.15) is 0 Å². The van der Waals surface area contributed by atoms with E-state index in [1.807, 2.05) is 55.1 Å². The quantitative estimate of drug-likeness (QED) is 0.891. The SMILES string of the molecule is Cc1ccc(C)c(C(=O)N(CCN)CCc2ccccc2)c1. The summed E-state index contributed by atoms with van der Waals surface area (Å²) in [6, 6.07) is 16.2. The van der Waals surface area contributed by atoms with E-state index in [1.54, 1.807) is 0 Å². The van der Waals surface area contributed by atoms with Gasteiger partial charge in [-0.15, -0.1) is 0 Å². The first-order valence-electron chi connectivity index (χ1n) is 7.72. The zero-order valence-corrected chi connectivity index (χ0v) is 13.4. The summed E-state index contributed by atoms with van der Waals surface area (Å²) in [5, 5.41) is 0. The van der Waals surface area contributed by atoms with Crippen LogP contribution >= 0.6 is 0 Å². The van der Waals surface area contributed by atoms with Gasteiger partial charge >= 0.3 is 0 Å². The molecule has 0 aromatic heterocycles. The number of hydrogen-bond acceptors (Lipinski definition) is 2. The van der Waals surface area contributed by atoms with Crippen LogP contribution in [0, 0.1) is 13.8 Å². The molecule has 0 aliphatic rings. The van der Waals surface area contributed by atoms with Crippen LogP contribution in [0.25, 0.3) is 0 Å². The number of rotatable bonds is 6. The van der Waals surface area contributed by atoms with Gasteiger partial charge < -0.3 is 10.6 Å². The number of carbonyl (C=O) groups is 1. The molecule has 2 rings (SSSR count). The molecule has 2 aromatic carbocycles. The molecule has 22 heavy (non-hydrogen) atoms. The van der Waals surface area contributed by atoms with E-state index < -0.39 is 0 Å². The lowest BCUT2D eigenvalue weighted by Gasteiger charge is -2.23. The van der Waals surface area contributed by atoms with Gasteiger partial charge in [0.05, 0.1) is 0 Å². The van der Waals surface area contributed by atoms with Gasteiger partial charge in [0, 0.05) is 25.2 Å². The van der Waals surface area contributed by atoms with Crippen LogP contribution in [0.15, 0.2) is 48.5 Å². The Morgan fingerprint density at radius 2 is 1.77 bits per heavy atom. The molecular formula is C19H24N2O. The molecule has 0 aliphatic heterocycles. The third-order valence-electron chi connectivity index (χ3n) is 3.82. The second kappa shape index (κ2) is 7.76. The highest BCUT2D eigenvalue weighted by Crippen LogP contribution is 2.14. The number of amides is 1. The lowest BCUT2D eigenvalue weighted by molar-refractivity contribution is 0.0761. The molecule has 3 nitrogen and oxygen atoms in total. The van der Waals surface area contributed by atoms with Crippen LogP contribution in [0.5, 0.6) is 0 Å². The number of nitrogens with zero attached hydrogens (tertiary/aromatic N) is 1. The topological polar surface area (TPSA) is 46.3 Å². The molecule has 0 heterocycles. The van der Waals surface area contributed by atoms with Crippen LogP contribution in [0.4, 0.5) is 0 Å². The van der Waals surface area contributed by atoms with Gasteiger partial charge in [-0.3, -0.25) is 4.79 Å². The lowest BCUT2D eigenvalue weighted by Crippen LogP contribution is -2.37. The minimum Gasteiger partial charge on any atom is -0.337 e. The Morgan fingerprint density at radius 3 is 2.45 bits per heavy atom. The first-order chi connectivity index (χ1) is 10.6. The van der Waals surface area contributed by atoms with Crippen LogP contribution in [-0.4, -0.2) is 30.4 Å². The van der Waals surface area contributed by atoms with Crippen molar-refractivity contribution in [2.45, 2.75) is 20.3 Å². The summed E-state index contributed by atoms with van der Waals surface area (Å²) in [6.07, 6.45) is 0.845. The third-order valence-corrected chi connectivity index (χ3v) is 3.82. The molecule has 0 fully saturated rings. The average molecular weight is 296 g/mol. The van der Waals surface area contributed by atoms with Crippen molar-refractivity contribution in [3.05, 3.63) is 70.8 Å². The molecule has 1 amide bonds. The van der Waals surface area contributed by atoms with Crippen molar-refractivity contribution in [2.75, 3.05) is 19.6 Å². The summed E-state index contributed by atoms with van der Waals surface area (Å²) in [5.74, 6) is 0.0718. The normalized spacial score (nSPS) is 10.5. The highest BCUT2D eigenvalue weighted by atomic mass is 16.2. The standard InChI is InChI=1S/C19H24N2O/c1-15-8-9-16(2)18(14-15)19(22)21(13-11-20)12-10-17-6-4-3-5-7-17/h3-9,14H,10-13,20H2,1-2H3. The Labute approximate surface area is 132 Å². The fraction of sp³-hybridized carbons (Fsp3) is 0.316. The van der Waals surface area contributed by atoms with Crippen LogP contribution in [0.2, 0.25) is 0 Å². The highest BCUT2D eigenvalue weighted by Gasteiger charge is 2.17. The van der Waals surface area contributed by atoms with Crippen molar-refractivity contribution in [2.24, 2.45) is 5.73 Å². The molecule has 2 N–H and O–H groups in total. The summed E-state index contributed by atoms with van der Waals surface area (Å²) in [5.41, 5.74) is 9.82. The van der Waals surface area contributed by atoms with Crippen LogP contribution in [0.1, 0.15) is 27.0 Å². The van der Waals surface area contributed by atoms with E-state index in [4.69, 9.17) is 5.73 Å². The van der Waals surface area contributed by atoms with Crippen LogP contribution in [-0.2, 0) is 6.42 Å². The van der Waals surface area contributed by atoms with Crippen molar-refractivity contribution in [3.63, 3.8) is 0 Å². The summed E-state index contributed by atoms with van der Waals surface area (Å²) < 4.78 is 0. The summed E-state index contributed by atoms with van der Waals surface area (Å²) in [6.45, 7) is 5.73. The van der Waals surface area contributed by atoms with E-state index in [0.29, 0.717) is 19.6 Å². The van der Waals surface area contributed by atoms with Crippen LogP contribution in [0.3, 0.4) is 0 Å². The molecule has 116 valence electrons. The zero-order valence-electron chi connectivity index (χ0n) is 13.4. The molecule has 2 aromatic rings. The number of nitrogens with two attached hydrogens (primary N) is 1. The summed E-state index contributed by atoms with van der Waals surface area (Å²) >= 11 is 0. The second-order valence-electron chi connectivity index (χ2n) is 5.63. The second-order valence-corrected chi connectivity index (χ2v) is 5.63. The van der Waals surface area contributed by atoms with Gasteiger partial charge in [0.15, 0.2) is 0 Å². The summed E-state index contributed by atoms with van der Waals surface area (Å²) in [4.78, 5) is 14.7. The van der Waals surface area contributed by atoms with Crippen molar-refractivity contribution < 1.29 is 4.79 Å². The van der Waals surface area contributed by atoms with E-state index in [-0.39, 0.29) is 5.91 Å². The maximum absolute atomic E-state index is 12.8. The predicted octanol–water partition coefficient (Wildman–Crippen LogP) is 2.95. The minimum atomic E-state index is 0.0718. The van der Waals surface area contributed by atoms with Crippen molar-refractivity contribution in [1.29, 1.82) is 0 Å². The Balaban J connectivity index is 2.12. The highest BCUT2D eigenvalue weighted by molar-refractivity contribution is 5.95. The molecule has 0 unspecified atom stereocenters. The largest absolute Gasteiger partial charge is 0.337 e. The van der Waals surface area contributed by atoms with E-state index in [9.17, 15) is 4.79 Å². The monoisotopic (exact) mass is 296 g/mol. The van der Waals surface area contributed by atoms with Gasteiger partial charge in [0.25, 0.3) is 5.91 Å². The van der Waals surface area contributed by atoms with Crippen molar-refractivity contribution in [1.82, 2.24) is 4.90 Å². The number of carbonyl (C=O) groups excluding carboxylic acids is 1. The Hall–Kier alpha value is -2.13. The summed E-state index contributed by atoms with van der Waals surface area (Å²) in [7, 11) is 0. The third kappa shape index (κ3) is 4.18. The number of benzene rings is 2. The maximum Gasteiger partial charge on any atom is 0.254 e. The first kappa shape index (κ1) is 16.2. The van der Waals surface area contributed by atoms with E-state index in [2.05, 4.69) is 12.1 Å². The average Bonchev–Trinajstić information content (AvgIpc) is 2.54. The molecule has 0 radical (unpaired) electrons. The van der Waals surface area contributed by atoms with Gasteiger partial charge in [-0.1, -0.05) is 48.0 Å². The smallest absolute Gasteiger partial charge is 0.254 e. The molecular weight excluding hydrogens is 272 g/mol. The van der Waals surface area contributed by atoms with Gasteiger partial charge in [-0.25, -0.2) is 0 Å². The molecule has 0 aliphatic carbocycles. The molecule has 0 atom stereocenters. The van der Waals surface area contributed by atoms with Crippen molar-refractivity contribution >= 4 is 5.91 Å². The van der Waals surface area contributed by atoms with E-state index in [0.717, 1.165) is 23.1 Å². The van der Waals surface area contributed by atoms with E-state index in [1.165, 1.54) is 5.56 Å². The number of aryl methyl sites for hydroxylation is 2. The molecule has 0 saturated heterocycles. The minimum absolute atomic E-state index is 0.0718. The van der Waals surface area contributed by atoms with Crippen LogP contribution < -0.4 is 5.73 Å². The lowest BCUT2D eigenvalue weighted by atomic mass is 10.0. The maximum atomic E-state index is 12.8. The fourth-order valence-electron chi connectivity index (χ4n) is 2.52. The predicted molar refractivity (Wildman–Crippen MR) is 91.0 cm³/mol. The van der Waals surface area contributed by atoms with Crippen molar-refractivity contribution in [3.8, 4) is 0 Å². The zero-order chi connectivity index (χ0) is 15.9. The van der Waals surface area contributed by atoms with E-state index >= 15 is 0 Å². The molecule has 0 saturated carbocycles. The molecule has 0 spiro atoms. The first-order valence-corrected chi connectivity index (χ1v) is 7.72.